The van der Waals surface area contributed by atoms with Crippen LogP contribution in [-0.4, -0.2) is 33.4 Å². The lowest BCUT2D eigenvalue weighted by atomic mass is 10.0. The van der Waals surface area contributed by atoms with E-state index in [0.29, 0.717) is 22.8 Å². The van der Waals surface area contributed by atoms with E-state index in [-0.39, 0.29) is 12.2 Å². The number of hydrogen-bond acceptors (Lipinski definition) is 5. The number of rotatable bonds is 3. The number of carbonyl (C=O) groups excluding carboxylic acids is 1. The molecular formula is C12H14O5. The Morgan fingerprint density at radius 2 is 2.00 bits per heavy atom. The van der Waals surface area contributed by atoms with Crippen molar-refractivity contribution in [3.05, 3.63) is 17.7 Å². The van der Waals surface area contributed by atoms with Crippen LogP contribution in [0.3, 0.4) is 0 Å². The Bertz CT molecular complexity index is 441. The molecular weight excluding hydrogens is 224 g/mol. The first kappa shape index (κ1) is 11.7. The van der Waals surface area contributed by atoms with Gasteiger partial charge in [0.15, 0.2) is 5.78 Å². The number of methoxy groups -OCH3 is 3. The Balaban J connectivity index is 2.50. The molecule has 1 unspecified atom stereocenters. The first-order valence-electron chi connectivity index (χ1n) is 5.18. The van der Waals surface area contributed by atoms with E-state index in [1.54, 1.807) is 19.2 Å². The topological polar surface area (TPSA) is 54.0 Å². The summed E-state index contributed by atoms with van der Waals surface area (Å²) in [6, 6.07) is 3.31. The van der Waals surface area contributed by atoms with Gasteiger partial charge in [-0.1, -0.05) is 0 Å². The predicted molar refractivity (Wildman–Crippen MR) is 59.9 cm³/mol. The van der Waals surface area contributed by atoms with Crippen LogP contribution in [0.25, 0.3) is 0 Å². The summed E-state index contributed by atoms with van der Waals surface area (Å²) < 4.78 is 20.9. The normalized spacial score (nSPS) is 18.3. The minimum atomic E-state index is -0.549. The van der Waals surface area contributed by atoms with Crippen molar-refractivity contribution in [2.24, 2.45) is 0 Å². The highest BCUT2D eigenvalue weighted by atomic mass is 16.7. The maximum Gasteiger partial charge on any atom is 0.206 e. The van der Waals surface area contributed by atoms with Crippen LogP contribution in [0.2, 0.25) is 0 Å². The first-order valence-corrected chi connectivity index (χ1v) is 5.18. The Morgan fingerprint density at radius 3 is 2.59 bits per heavy atom. The molecule has 5 heteroatoms. The minimum absolute atomic E-state index is 0.0578. The smallest absolute Gasteiger partial charge is 0.206 e. The second-order valence-electron chi connectivity index (χ2n) is 3.61. The van der Waals surface area contributed by atoms with Gasteiger partial charge in [-0.25, -0.2) is 0 Å². The highest BCUT2D eigenvalue weighted by Gasteiger charge is 2.30. The second kappa shape index (κ2) is 4.63. The molecule has 0 bridgehead atoms. The van der Waals surface area contributed by atoms with Crippen LogP contribution in [0.4, 0.5) is 0 Å². The maximum atomic E-state index is 12.0. The van der Waals surface area contributed by atoms with Gasteiger partial charge in [0.25, 0.3) is 0 Å². The van der Waals surface area contributed by atoms with Crippen LogP contribution < -0.4 is 14.2 Å². The molecule has 0 N–H and O–H groups in total. The molecule has 0 aliphatic carbocycles. The summed E-state index contributed by atoms with van der Waals surface area (Å²) in [6.07, 6.45) is -0.363. The summed E-state index contributed by atoms with van der Waals surface area (Å²) in [5.41, 5.74) is 0.446. The third-order valence-corrected chi connectivity index (χ3v) is 2.65. The average Bonchev–Trinajstić information content (AvgIpc) is 2.36. The van der Waals surface area contributed by atoms with Crippen molar-refractivity contribution in [1.29, 1.82) is 0 Å². The molecule has 17 heavy (non-hydrogen) atoms. The van der Waals surface area contributed by atoms with E-state index >= 15 is 0 Å². The molecule has 0 fully saturated rings. The summed E-state index contributed by atoms with van der Waals surface area (Å²) in [7, 11) is 4.55. The fourth-order valence-electron chi connectivity index (χ4n) is 1.78. The van der Waals surface area contributed by atoms with E-state index < -0.39 is 6.29 Å². The Labute approximate surface area is 99.2 Å². The lowest BCUT2D eigenvalue weighted by Crippen LogP contribution is -2.28. The number of carbonyl (C=O) groups is 1. The van der Waals surface area contributed by atoms with Gasteiger partial charge in [-0.3, -0.25) is 4.79 Å². The fourth-order valence-corrected chi connectivity index (χ4v) is 1.78. The van der Waals surface area contributed by atoms with Gasteiger partial charge >= 0.3 is 0 Å². The second-order valence-corrected chi connectivity index (χ2v) is 3.61. The van der Waals surface area contributed by atoms with Crippen LogP contribution in [0.1, 0.15) is 16.8 Å². The fraction of sp³-hybridized carbons (Fsp3) is 0.417. The zero-order valence-corrected chi connectivity index (χ0v) is 9.98. The zero-order chi connectivity index (χ0) is 12.4. The zero-order valence-electron chi connectivity index (χ0n) is 9.98. The largest absolute Gasteiger partial charge is 0.496 e. The van der Waals surface area contributed by atoms with Gasteiger partial charge < -0.3 is 18.9 Å². The van der Waals surface area contributed by atoms with Gasteiger partial charge in [0.1, 0.15) is 22.8 Å². The SMILES string of the molecule is COc1cc(OC)c2c(c1)OC(OC)CC2=O. The molecule has 0 saturated carbocycles. The Kier molecular flexibility index (Phi) is 3.19. The van der Waals surface area contributed by atoms with Crippen LogP contribution in [0.15, 0.2) is 12.1 Å². The van der Waals surface area contributed by atoms with Crippen molar-refractivity contribution in [3.63, 3.8) is 0 Å². The molecule has 2 rings (SSSR count). The monoisotopic (exact) mass is 238 g/mol. The van der Waals surface area contributed by atoms with Crippen molar-refractivity contribution >= 4 is 5.78 Å². The van der Waals surface area contributed by atoms with Crippen molar-refractivity contribution in [3.8, 4) is 17.2 Å². The quantitative estimate of drug-likeness (QED) is 0.801. The number of Topliss-reactive ketones (excluding diaryl/α,β-unsaturated/α-hetero) is 1. The molecule has 0 radical (unpaired) electrons. The van der Waals surface area contributed by atoms with Gasteiger partial charge in [-0.2, -0.15) is 0 Å². The molecule has 0 spiro atoms. The number of fused-ring (bicyclic) bond motifs is 1. The molecule has 1 aromatic carbocycles. The molecule has 1 aliphatic rings. The highest BCUT2D eigenvalue weighted by Crippen LogP contribution is 2.38. The first-order chi connectivity index (χ1) is 8.19. The molecule has 5 nitrogen and oxygen atoms in total. The molecule has 1 atom stereocenters. The van der Waals surface area contributed by atoms with Crippen molar-refractivity contribution in [2.45, 2.75) is 12.7 Å². The van der Waals surface area contributed by atoms with Crippen molar-refractivity contribution < 1.29 is 23.7 Å². The van der Waals surface area contributed by atoms with E-state index in [9.17, 15) is 4.79 Å². The number of benzene rings is 1. The van der Waals surface area contributed by atoms with Crippen LogP contribution in [0.5, 0.6) is 17.2 Å². The Morgan fingerprint density at radius 1 is 1.24 bits per heavy atom. The van der Waals surface area contributed by atoms with Gasteiger partial charge in [0.2, 0.25) is 6.29 Å². The van der Waals surface area contributed by atoms with Gasteiger partial charge in [-0.15, -0.1) is 0 Å². The van der Waals surface area contributed by atoms with Gasteiger partial charge in [-0.05, 0) is 0 Å². The molecule has 1 heterocycles. The number of hydrogen-bond donors (Lipinski definition) is 0. The minimum Gasteiger partial charge on any atom is -0.496 e. The van der Waals surface area contributed by atoms with E-state index in [1.807, 2.05) is 0 Å². The summed E-state index contributed by atoms with van der Waals surface area (Å²) >= 11 is 0. The maximum absolute atomic E-state index is 12.0. The summed E-state index contributed by atoms with van der Waals surface area (Å²) in [4.78, 5) is 12.0. The van der Waals surface area contributed by atoms with Crippen LogP contribution >= 0.6 is 0 Å². The van der Waals surface area contributed by atoms with Crippen LogP contribution in [-0.2, 0) is 4.74 Å². The summed E-state index contributed by atoms with van der Waals surface area (Å²) in [5.74, 6) is 1.41. The summed E-state index contributed by atoms with van der Waals surface area (Å²) in [6.45, 7) is 0. The average molecular weight is 238 g/mol. The highest BCUT2D eigenvalue weighted by molar-refractivity contribution is 6.02. The number of ketones is 1. The molecule has 0 saturated heterocycles. The molecule has 0 amide bonds. The number of ether oxygens (including phenoxy) is 4. The van der Waals surface area contributed by atoms with Gasteiger partial charge in [0, 0.05) is 19.2 Å². The third kappa shape index (κ3) is 2.06. The molecule has 1 aromatic rings. The van der Waals surface area contributed by atoms with Crippen LogP contribution in [0, 0.1) is 0 Å². The van der Waals surface area contributed by atoms with E-state index in [0.717, 1.165) is 0 Å². The standard InChI is InChI=1S/C12H14O5/c1-14-7-4-9(15-2)12-8(13)6-11(16-3)17-10(12)5-7/h4-5,11H,6H2,1-3H3. The Hall–Kier alpha value is -1.75. The predicted octanol–water partition coefficient (Wildman–Crippen LogP) is 1.64. The van der Waals surface area contributed by atoms with Crippen molar-refractivity contribution in [2.75, 3.05) is 21.3 Å². The molecule has 0 aromatic heterocycles. The van der Waals surface area contributed by atoms with E-state index in [2.05, 4.69) is 0 Å². The third-order valence-electron chi connectivity index (χ3n) is 2.65. The van der Waals surface area contributed by atoms with E-state index in [1.165, 1.54) is 14.2 Å². The molecule has 92 valence electrons. The molecule has 1 aliphatic heterocycles. The summed E-state index contributed by atoms with van der Waals surface area (Å²) in [5, 5.41) is 0. The van der Waals surface area contributed by atoms with Gasteiger partial charge in [0.05, 0.1) is 20.6 Å². The van der Waals surface area contributed by atoms with Crippen molar-refractivity contribution in [1.82, 2.24) is 0 Å². The lowest BCUT2D eigenvalue weighted by molar-refractivity contribution is -0.0577. The van der Waals surface area contributed by atoms with E-state index in [4.69, 9.17) is 18.9 Å². The lowest BCUT2D eigenvalue weighted by Gasteiger charge is -2.25.